The summed E-state index contributed by atoms with van der Waals surface area (Å²) in [6.45, 7) is 7.52. The van der Waals surface area contributed by atoms with Gasteiger partial charge in [0.05, 0.1) is 12.2 Å². The van der Waals surface area contributed by atoms with Crippen molar-refractivity contribution in [3.63, 3.8) is 0 Å². The maximum absolute atomic E-state index is 5.53. The highest BCUT2D eigenvalue weighted by atomic mass is 16.4. The Morgan fingerprint density at radius 2 is 2.35 bits per heavy atom. The van der Waals surface area contributed by atoms with Crippen molar-refractivity contribution in [2.75, 3.05) is 6.54 Å². The van der Waals surface area contributed by atoms with Crippen LogP contribution in [0, 0.1) is 18.8 Å². The maximum Gasteiger partial charge on any atom is 0.211 e. The van der Waals surface area contributed by atoms with Crippen molar-refractivity contribution < 1.29 is 4.42 Å². The topological polar surface area (TPSA) is 38.1 Å². The molecule has 96 valence electrons. The minimum Gasteiger partial charge on any atom is -0.444 e. The van der Waals surface area contributed by atoms with Gasteiger partial charge in [0, 0.05) is 0 Å². The lowest BCUT2D eigenvalue weighted by molar-refractivity contribution is 0.263. The second kappa shape index (κ2) is 5.67. The van der Waals surface area contributed by atoms with Crippen LogP contribution in [-0.4, -0.2) is 11.5 Å². The van der Waals surface area contributed by atoms with E-state index in [9.17, 15) is 0 Å². The van der Waals surface area contributed by atoms with Gasteiger partial charge >= 0.3 is 0 Å². The normalized spacial score (nSPS) is 27.0. The Hall–Kier alpha value is -0.830. The molecule has 1 saturated carbocycles. The van der Waals surface area contributed by atoms with Crippen LogP contribution in [0.25, 0.3) is 0 Å². The summed E-state index contributed by atoms with van der Waals surface area (Å²) in [7, 11) is 0. The summed E-state index contributed by atoms with van der Waals surface area (Å²) >= 11 is 0. The smallest absolute Gasteiger partial charge is 0.211 e. The Labute approximate surface area is 104 Å². The first-order chi connectivity index (χ1) is 8.15. The van der Waals surface area contributed by atoms with Crippen LogP contribution in [0.15, 0.2) is 10.6 Å². The van der Waals surface area contributed by atoms with E-state index < -0.39 is 0 Å². The molecule has 1 heterocycles. The fourth-order valence-corrected chi connectivity index (χ4v) is 2.75. The van der Waals surface area contributed by atoms with Gasteiger partial charge in [-0.3, -0.25) is 0 Å². The molecule has 0 spiro atoms. The van der Waals surface area contributed by atoms with Crippen LogP contribution in [0.1, 0.15) is 57.2 Å². The molecular weight excluding hydrogens is 212 g/mol. The molecule has 17 heavy (non-hydrogen) atoms. The molecule has 0 aliphatic heterocycles. The maximum atomic E-state index is 5.53. The van der Waals surface area contributed by atoms with Crippen LogP contribution < -0.4 is 5.32 Å². The van der Waals surface area contributed by atoms with E-state index in [2.05, 4.69) is 24.1 Å². The minimum atomic E-state index is 0.223. The summed E-state index contributed by atoms with van der Waals surface area (Å²) in [5.74, 6) is 3.43. The molecule has 0 amide bonds. The van der Waals surface area contributed by atoms with Gasteiger partial charge in [-0.15, -0.1) is 0 Å². The summed E-state index contributed by atoms with van der Waals surface area (Å²) in [5.41, 5.74) is 0. The third kappa shape index (κ3) is 3.56. The largest absolute Gasteiger partial charge is 0.444 e. The van der Waals surface area contributed by atoms with E-state index in [1.54, 1.807) is 6.20 Å². The van der Waals surface area contributed by atoms with E-state index in [4.69, 9.17) is 4.42 Å². The first-order valence-corrected chi connectivity index (χ1v) is 6.81. The van der Waals surface area contributed by atoms with Crippen molar-refractivity contribution in [2.24, 2.45) is 11.8 Å². The van der Waals surface area contributed by atoms with E-state index in [0.29, 0.717) is 0 Å². The first kappa shape index (κ1) is 12.6. The molecule has 1 aromatic heterocycles. The molecule has 1 aromatic rings. The molecule has 0 radical (unpaired) electrons. The molecule has 3 nitrogen and oxygen atoms in total. The zero-order chi connectivity index (χ0) is 12.3. The number of rotatable bonds is 4. The molecule has 3 atom stereocenters. The Kier molecular flexibility index (Phi) is 4.21. The lowest BCUT2D eigenvalue weighted by Gasteiger charge is -2.27. The quantitative estimate of drug-likeness (QED) is 0.870. The number of aryl methyl sites for hydroxylation is 1. The number of hydrogen-bond donors (Lipinski definition) is 1. The molecule has 1 fully saturated rings. The fourth-order valence-electron chi connectivity index (χ4n) is 2.75. The van der Waals surface area contributed by atoms with Gasteiger partial charge in [-0.1, -0.05) is 19.8 Å². The Balaban J connectivity index is 1.77. The molecular formula is C14H24N2O. The van der Waals surface area contributed by atoms with Gasteiger partial charge in [0.2, 0.25) is 5.89 Å². The summed E-state index contributed by atoms with van der Waals surface area (Å²) in [6.07, 6.45) is 7.32. The van der Waals surface area contributed by atoms with Gasteiger partial charge in [0.15, 0.2) is 0 Å². The summed E-state index contributed by atoms with van der Waals surface area (Å²) in [4.78, 5) is 4.27. The van der Waals surface area contributed by atoms with Gasteiger partial charge < -0.3 is 9.73 Å². The predicted octanol–water partition coefficient (Wildman–Crippen LogP) is 3.46. The van der Waals surface area contributed by atoms with Crippen molar-refractivity contribution in [1.29, 1.82) is 0 Å². The van der Waals surface area contributed by atoms with Crippen molar-refractivity contribution in [1.82, 2.24) is 10.3 Å². The first-order valence-electron chi connectivity index (χ1n) is 6.81. The van der Waals surface area contributed by atoms with Crippen molar-refractivity contribution in [3.8, 4) is 0 Å². The van der Waals surface area contributed by atoms with Crippen LogP contribution in [0.3, 0.4) is 0 Å². The van der Waals surface area contributed by atoms with Crippen LogP contribution in [0.5, 0.6) is 0 Å². The van der Waals surface area contributed by atoms with Gasteiger partial charge in [-0.05, 0) is 45.1 Å². The highest BCUT2D eigenvalue weighted by Crippen LogP contribution is 2.28. The van der Waals surface area contributed by atoms with Crippen molar-refractivity contribution >= 4 is 0 Å². The summed E-state index contributed by atoms with van der Waals surface area (Å²) in [5, 5.41) is 3.55. The van der Waals surface area contributed by atoms with E-state index in [0.717, 1.165) is 30.0 Å². The third-order valence-corrected chi connectivity index (χ3v) is 3.77. The van der Waals surface area contributed by atoms with E-state index in [1.165, 1.54) is 25.7 Å². The average Bonchev–Trinajstić information content (AvgIpc) is 2.73. The van der Waals surface area contributed by atoms with E-state index in [1.807, 2.05) is 6.92 Å². The van der Waals surface area contributed by atoms with Gasteiger partial charge in [0.1, 0.15) is 5.76 Å². The Morgan fingerprint density at radius 3 is 3.00 bits per heavy atom. The molecule has 3 unspecified atom stereocenters. The highest BCUT2D eigenvalue weighted by molar-refractivity contribution is 4.95. The lowest BCUT2D eigenvalue weighted by Crippen LogP contribution is -2.28. The van der Waals surface area contributed by atoms with Crippen LogP contribution in [0.4, 0.5) is 0 Å². The van der Waals surface area contributed by atoms with E-state index in [-0.39, 0.29) is 6.04 Å². The molecule has 2 rings (SSSR count). The predicted molar refractivity (Wildman–Crippen MR) is 68.8 cm³/mol. The Morgan fingerprint density at radius 1 is 1.53 bits per heavy atom. The molecule has 0 aromatic carbocycles. The number of aromatic nitrogens is 1. The molecule has 3 heteroatoms. The van der Waals surface area contributed by atoms with Gasteiger partial charge in [-0.2, -0.15) is 0 Å². The number of nitrogens with zero attached hydrogens (tertiary/aromatic N) is 1. The SMILES string of the molecule is Cc1cnc(C(C)NCC2CCCC(C)C2)o1. The molecule has 1 aliphatic rings. The highest BCUT2D eigenvalue weighted by Gasteiger charge is 2.20. The van der Waals surface area contributed by atoms with Gasteiger partial charge in [-0.25, -0.2) is 4.98 Å². The fraction of sp³-hybridized carbons (Fsp3) is 0.786. The van der Waals surface area contributed by atoms with Gasteiger partial charge in [0.25, 0.3) is 0 Å². The number of nitrogens with one attached hydrogen (secondary N) is 1. The lowest BCUT2D eigenvalue weighted by atomic mass is 9.82. The zero-order valence-corrected chi connectivity index (χ0v) is 11.2. The molecule has 1 aliphatic carbocycles. The average molecular weight is 236 g/mol. The second-order valence-corrected chi connectivity index (χ2v) is 5.58. The van der Waals surface area contributed by atoms with E-state index >= 15 is 0 Å². The van der Waals surface area contributed by atoms with Crippen molar-refractivity contribution in [2.45, 2.75) is 52.5 Å². The van der Waals surface area contributed by atoms with Crippen molar-refractivity contribution in [3.05, 3.63) is 17.8 Å². The molecule has 1 N–H and O–H groups in total. The summed E-state index contributed by atoms with van der Waals surface area (Å²) < 4.78 is 5.53. The monoisotopic (exact) mass is 236 g/mol. The summed E-state index contributed by atoms with van der Waals surface area (Å²) in [6, 6.07) is 0.223. The van der Waals surface area contributed by atoms with Crippen LogP contribution in [0.2, 0.25) is 0 Å². The van der Waals surface area contributed by atoms with Crippen LogP contribution >= 0.6 is 0 Å². The standard InChI is InChI=1S/C14H24N2O/c1-10-5-4-6-13(7-10)9-15-12(3)14-16-8-11(2)17-14/h8,10,12-13,15H,4-7,9H2,1-3H3. The molecule has 0 saturated heterocycles. The molecule has 0 bridgehead atoms. The minimum absolute atomic E-state index is 0.223. The number of oxazole rings is 1. The van der Waals surface area contributed by atoms with Crippen LogP contribution in [-0.2, 0) is 0 Å². The number of hydrogen-bond acceptors (Lipinski definition) is 3. The zero-order valence-electron chi connectivity index (χ0n) is 11.2. The Bertz CT molecular complexity index is 348. The third-order valence-electron chi connectivity index (χ3n) is 3.77. The second-order valence-electron chi connectivity index (χ2n) is 5.58.